The first-order valence-electron chi connectivity index (χ1n) is 3.78. The first-order valence-corrected chi connectivity index (χ1v) is 3.78. The van der Waals surface area contributed by atoms with Crippen molar-refractivity contribution in [3.63, 3.8) is 0 Å². The molecule has 0 aliphatic heterocycles. The number of carbonyl (C=O) groups is 1. The second-order valence-electron chi connectivity index (χ2n) is 2.61. The smallest absolute Gasteiger partial charge is 0.237 e. The highest BCUT2D eigenvalue weighted by molar-refractivity contribution is 5.81. The average Bonchev–Trinajstić information content (AvgIpc) is 2.02. The Balaban J connectivity index is 3.68. The molecule has 0 aliphatic rings. The van der Waals surface area contributed by atoms with E-state index in [4.69, 9.17) is 10.8 Å². The maximum Gasteiger partial charge on any atom is 0.237 e. The minimum absolute atomic E-state index is 0.0534. The fourth-order valence-corrected chi connectivity index (χ4v) is 0.581. The molecule has 0 fully saturated rings. The fourth-order valence-electron chi connectivity index (χ4n) is 0.581. The quantitative estimate of drug-likeness (QED) is 0.505. The summed E-state index contributed by atoms with van der Waals surface area (Å²) in [6, 6.07) is -0.663. The Bertz CT molecular complexity index is 128. The van der Waals surface area contributed by atoms with Gasteiger partial charge in [0.1, 0.15) is 0 Å². The summed E-state index contributed by atoms with van der Waals surface area (Å²) < 4.78 is 0. The molecular formula is C7H16N2O2. The van der Waals surface area contributed by atoms with Gasteiger partial charge in [0.25, 0.3) is 0 Å². The van der Waals surface area contributed by atoms with Crippen molar-refractivity contribution in [3.8, 4) is 0 Å². The lowest BCUT2D eigenvalue weighted by Crippen LogP contribution is -2.45. The van der Waals surface area contributed by atoms with E-state index in [9.17, 15) is 4.79 Å². The summed E-state index contributed by atoms with van der Waals surface area (Å²) in [5.74, 6) is -0.200. The summed E-state index contributed by atoms with van der Waals surface area (Å²) >= 11 is 0. The van der Waals surface area contributed by atoms with Gasteiger partial charge in [-0.05, 0) is 13.3 Å². The second kappa shape index (κ2) is 5.09. The highest BCUT2D eigenvalue weighted by Crippen LogP contribution is 1.87. The van der Waals surface area contributed by atoms with Crippen LogP contribution in [0.1, 0.15) is 20.3 Å². The maximum absolute atomic E-state index is 11.0. The number of aliphatic hydroxyl groups is 1. The topological polar surface area (TPSA) is 75.4 Å². The monoisotopic (exact) mass is 160 g/mol. The molecule has 1 amide bonds. The standard InChI is InChI=1S/C7H16N2O2/c1-3-6(8)7(11)9-5(2)4-10/h5-6,10H,3-4,8H2,1-2H3,(H,9,11)/t5-,6+/m1/s1. The molecule has 0 bridgehead atoms. The Labute approximate surface area is 66.8 Å². The molecule has 0 aromatic heterocycles. The van der Waals surface area contributed by atoms with Crippen LogP contribution in [0, 0.1) is 0 Å². The molecule has 4 heteroatoms. The second-order valence-corrected chi connectivity index (χ2v) is 2.61. The zero-order valence-electron chi connectivity index (χ0n) is 7.00. The van der Waals surface area contributed by atoms with Crippen molar-refractivity contribution in [2.75, 3.05) is 6.61 Å². The molecule has 0 saturated heterocycles. The third kappa shape index (κ3) is 3.95. The number of rotatable bonds is 4. The Morgan fingerprint density at radius 1 is 1.73 bits per heavy atom. The maximum atomic E-state index is 11.0. The summed E-state index contributed by atoms with van der Waals surface area (Å²) in [5.41, 5.74) is 5.43. The summed E-state index contributed by atoms with van der Waals surface area (Å²) in [6.07, 6.45) is 0.615. The van der Waals surface area contributed by atoms with E-state index in [0.29, 0.717) is 6.42 Å². The molecule has 0 aromatic carbocycles. The van der Waals surface area contributed by atoms with Crippen LogP contribution in [-0.4, -0.2) is 29.7 Å². The van der Waals surface area contributed by atoms with E-state index >= 15 is 0 Å². The number of hydrogen-bond acceptors (Lipinski definition) is 3. The lowest BCUT2D eigenvalue weighted by Gasteiger charge is -2.13. The number of hydrogen-bond donors (Lipinski definition) is 3. The van der Waals surface area contributed by atoms with E-state index in [1.807, 2.05) is 6.92 Å². The van der Waals surface area contributed by atoms with Gasteiger partial charge >= 0.3 is 0 Å². The summed E-state index contributed by atoms with van der Waals surface area (Å²) in [6.45, 7) is 3.51. The van der Waals surface area contributed by atoms with E-state index in [0.717, 1.165) is 0 Å². The van der Waals surface area contributed by atoms with Gasteiger partial charge in [-0.1, -0.05) is 6.92 Å². The highest BCUT2D eigenvalue weighted by Gasteiger charge is 2.12. The van der Waals surface area contributed by atoms with Crippen LogP contribution < -0.4 is 11.1 Å². The summed E-state index contributed by atoms with van der Waals surface area (Å²) in [5, 5.41) is 11.1. The summed E-state index contributed by atoms with van der Waals surface area (Å²) in [4.78, 5) is 11.0. The molecular weight excluding hydrogens is 144 g/mol. The lowest BCUT2D eigenvalue weighted by molar-refractivity contribution is -0.123. The van der Waals surface area contributed by atoms with Gasteiger partial charge in [0.15, 0.2) is 0 Å². The number of nitrogens with two attached hydrogens (primary N) is 1. The Hall–Kier alpha value is -0.610. The average molecular weight is 160 g/mol. The van der Waals surface area contributed by atoms with E-state index in [2.05, 4.69) is 5.32 Å². The Morgan fingerprint density at radius 3 is 2.64 bits per heavy atom. The first-order chi connectivity index (χ1) is 5.11. The molecule has 11 heavy (non-hydrogen) atoms. The normalized spacial score (nSPS) is 15.6. The van der Waals surface area contributed by atoms with Gasteiger partial charge in [-0.2, -0.15) is 0 Å². The van der Waals surface area contributed by atoms with Gasteiger partial charge in [-0.25, -0.2) is 0 Å². The van der Waals surface area contributed by atoms with Crippen LogP contribution in [0.25, 0.3) is 0 Å². The fraction of sp³-hybridized carbons (Fsp3) is 0.857. The molecule has 0 spiro atoms. The van der Waals surface area contributed by atoms with Crippen molar-refractivity contribution in [1.82, 2.24) is 5.32 Å². The molecule has 0 unspecified atom stereocenters. The van der Waals surface area contributed by atoms with E-state index in [1.54, 1.807) is 6.92 Å². The molecule has 4 N–H and O–H groups in total. The van der Waals surface area contributed by atoms with E-state index in [-0.39, 0.29) is 18.6 Å². The third-order valence-corrected chi connectivity index (χ3v) is 1.44. The molecule has 0 aromatic rings. The van der Waals surface area contributed by atoms with Gasteiger partial charge in [0.2, 0.25) is 5.91 Å². The van der Waals surface area contributed by atoms with Crippen molar-refractivity contribution in [2.24, 2.45) is 5.73 Å². The van der Waals surface area contributed by atoms with E-state index in [1.165, 1.54) is 0 Å². The molecule has 0 saturated carbocycles. The van der Waals surface area contributed by atoms with Crippen molar-refractivity contribution in [3.05, 3.63) is 0 Å². The zero-order valence-corrected chi connectivity index (χ0v) is 7.00. The predicted octanol–water partition coefficient (Wildman–Crippen LogP) is -0.779. The molecule has 66 valence electrons. The van der Waals surface area contributed by atoms with Crippen LogP contribution in [0.15, 0.2) is 0 Å². The Kier molecular flexibility index (Phi) is 4.81. The van der Waals surface area contributed by atoms with Crippen molar-refractivity contribution in [1.29, 1.82) is 0 Å². The highest BCUT2D eigenvalue weighted by atomic mass is 16.3. The molecule has 0 heterocycles. The van der Waals surface area contributed by atoms with Gasteiger partial charge in [-0.15, -0.1) is 0 Å². The van der Waals surface area contributed by atoms with Crippen molar-refractivity contribution < 1.29 is 9.90 Å². The zero-order chi connectivity index (χ0) is 8.85. The first kappa shape index (κ1) is 10.4. The van der Waals surface area contributed by atoms with Gasteiger partial charge in [-0.3, -0.25) is 4.79 Å². The van der Waals surface area contributed by atoms with Crippen LogP contribution in [0.4, 0.5) is 0 Å². The number of nitrogens with one attached hydrogen (secondary N) is 1. The number of carbonyl (C=O) groups excluding carboxylic acids is 1. The SMILES string of the molecule is CC[C@H](N)C(=O)N[C@H](C)CO. The van der Waals surface area contributed by atoms with Crippen molar-refractivity contribution >= 4 is 5.91 Å². The van der Waals surface area contributed by atoms with Gasteiger partial charge < -0.3 is 16.2 Å². The van der Waals surface area contributed by atoms with Gasteiger partial charge in [0.05, 0.1) is 12.6 Å². The van der Waals surface area contributed by atoms with Crippen LogP contribution >= 0.6 is 0 Å². The minimum atomic E-state index is -0.455. The third-order valence-electron chi connectivity index (χ3n) is 1.44. The molecule has 0 radical (unpaired) electrons. The summed E-state index contributed by atoms with van der Waals surface area (Å²) in [7, 11) is 0. The Morgan fingerprint density at radius 2 is 2.27 bits per heavy atom. The van der Waals surface area contributed by atoms with Crippen LogP contribution in [0.5, 0.6) is 0 Å². The van der Waals surface area contributed by atoms with Gasteiger partial charge in [0, 0.05) is 6.04 Å². The molecule has 0 aliphatic carbocycles. The van der Waals surface area contributed by atoms with Crippen LogP contribution in [-0.2, 0) is 4.79 Å². The largest absolute Gasteiger partial charge is 0.394 e. The number of aliphatic hydroxyl groups excluding tert-OH is 1. The lowest BCUT2D eigenvalue weighted by atomic mass is 10.2. The predicted molar refractivity (Wildman–Crippen MR) is 43.0 cm³/mol. The number of amides is 1. The van der Waals surface area contributed by atoms with E-state index < -0.39 is 6.04 Å². The minimum Gasteiger partial charge on any atom is -0.394 e. The van der Waals surface area contributed by atoms with Crippen LogP contribution in [0.3, 0.4) is 0 Å². The molecule has 4 nitrogen and oxygen atoms in total. The molecule has 0 rings (SSSR count). The van der Waals surface area contributed by atoms with Crippen LogP contribution in [0.2, 0.25) is 0 Å². The van der Waals surface area contributed by atoms with Crippen molar-refractivity contribution in [2.45, 2.75) is 32.4 Å². The molecule has 2 atom stereocenters.